The minimum atomic E-state index is -1.07. The number of carbonyl (C=O) groups is 3. The van der Waals surface area contributed by atoms with E-state index in [1.54, 1.807) is 98.1 Å². The van der Waals surface area contributed by atoms with Gasteiger partial charge in [-0.05, 0) is 71.8 Å². The van der Waals surface area contributed by atoms with Crippen LogP contribution in [-0.4, -0.2) is 30.0 Å². The number of hydrogen-bond donors (Lipinski definition) is 3. The highest BCUT2D eigenvalue weighted by Gasteiger charge is 2.17. The zero-order valence-corrected chi connectivity index (χ0v) is 18.8. The summed E-state index contributed by atoms with van der Waals surface area (Å²) in [6.07, 6.45) is 0. The first-order chi connectivity index (χ1) is 17.0. The summed E-state index contributed by atoms with van der Waals surface area (Å²) in [4.78, 5) is 37.2. The van der Waals surface area contributed by atoms with Gasteiger partial charge in [0, 0.05) is 22.5 Å². The summed E-state index contributed by atoms with van der Waals surface area (Å²) in [6.45, 7) is 0. The lowest BCUT2D eigenvalue weighted by atomic mass is 9.95. The van der Waals surface area contributed by atoms with Gasteiger partial charge in [0.2, 0.25) is 0 Å². The fraction of sp³-hybridized carbons (Fsp3) is 0.0357. The fourth-order valence-corrected chi connectivity index (χ4v) is 3.60. The largest absolute Gasteiger partial charge is 0.497 e. The van der Waals surface area contributed by atoms with E-state index in [4.69, 9.17) is 4.74 Å². The van der Waals surface area contributed by atoms with Crippen molar-refractivity contribution in [2.75, 3.05) is 17.7 Å². The topological polar surface area (TPSA) is 105 Å². The molecule has 0 heterocycles. The number of carboxylic acid groups (broad SMARTS) is 1. The third-order valence-electron chi connectivity index (χ3n) is 5.37. The van der Waals surface area contributed by atoms with Crippen LogP contribution in [0.2, 0.25) is 0 Å². The van der Waals surface area contributed by atoms with Crippen molar-refractivity contribution in [3.63, 3.8) is 0 Å². The molecule has 0 radical (unpaired) electrons. The maximum Gasteiger partial charge on any atom is 0.336 e. The van der Waals surface area contributed by atoms with E-state index in [2.05, 4.69) is 10.6 Å². The molecule has 4 rings (SSSR count). The van der Waals surface area contributed by atoms with Crippen LogP contribution in [0, 0.1) is 0 Å². The SMILES string of the molecule is COc1ccc(NC(=O)c2ccc(NC(=O)c3ccccc3-c3ccccc3C(=O)O)cc2)cc1. The number of aromatic carboxylic acids is 1. The molecule has 0 aliphatic heterocycles. The Bertz CT molecular complexity index is 1380. The van der Waals surface area contributed by atoms with Gasteiger partial charge in [-0.3, -0.25) is 9.59 Å². The first kappa shape index (κ1) is 23.3. The van der Waals surface area contributed by atoms with E-state index < -0.39 is 11.9 Å². The first-order valence-electron chi connectivity index (χ1n) is 10.7. The number of carbonyl (C=O) groups excluding carboxylic acids is 2. The van der Waals surface area contributed by atoms with Crippen molar-refractivity contribution in [2.24, 2.45) is 0 Å². The highest BCUT2D eigenvalue weighted by molar-refractivity contribution is 6.10. The van der Waals surface area contributed by atoms with Gasteiger partial charge in [-0.2, -0.15) is 0 Å². The molecule has 3 N–H and O–H groups in total. The number of nitrogens with one attached hydrogen (secondary N) is 2. The van der Waals surface area contributed by atoms with Crippen LogP contribution in [0.4, 0.5) is 11.4 Å². The Morgan fingerprint density at radius 2 is 1.11 bits per heavy atom. The second-order valence-corrected chi connectivity index (χ2v) is 7.61. The Morgan fingerprint density at radius 3 is 1.69 bits per heavy atom. The van der Waals surface area contributed by atoms with Crippen LogP contribution in [0.15, 0.2) is 97.1 Å². The van der Waals surface area contributed by atoms with Crippen molar-refractivity contribution in [2.45, 2.75) is 0 Å². The average molecular weight is 466 g/mol. The molecule has 174 valence electrons. The summed E-state index contributed by atoms with van der Waals surface area (Å²) in [5.74, 6) is -1.06. The number of anilines is 2. The molecule has 0 aliphatic carbocycles. The lowest BCUT2D eigenvalue weighted by molar-refractivity contribution is 0.0697. The summed E-state index contributed by atoms with van der Waals surface area (Å²) < 4.78 is 5.11. The van der Waals surface area contributed by atoms with E-state index in [0.717, 1.165) is 0 Å². The predicted octanol–water partition coefficient (Wildman–Crippen LogP) is 5.57. The molecule has 2 amide bonds. The van der Waals surface area contributed by atoms with E-state index in [-0.39, 0.29) is 11.5 Å². The zero-order valence-electron chi connectivity index (χ0n) is 18.8. The second-order valence-electron chi connectivity index (χ2n) is 7.61. The summed E-state index contributed by atoms with van der Waals surface area (Å²) in [5, 5.41) is 15.2. The molecule has 0 fully saturated rings. The molecule has 0 saturated heterocycles. The summed E-state index contributed by atoms with van der Waals surface area (Å²) in [7, 11) is 1.57. The highest BCUT2D eigenvalue weighted by atomic mass is 16.5. The van der Waals surface area contributed by atoms with E-state index in [9.17, 15) is 19.5 Å². The molecule has 0 atom stereocenters. The van der Waals surface area contributed by atoms with Crippen molar-refractivity contribution in [3.05, 3.63) is 114 Å². The summed E-state index contributed by atoms with van der Waals surface area (Å²) in [5.41, 5.74) is 2.97. The number of carboxylic acids is 1. The number of rotatable bonds is 7. The number of methoxy groups -OCH3 is 1. The monoisotopic (exact) mass is 466 g/mol. The quantitative estimate of drug-likeness (QED) is 0.331. The standard InChI is InChI=1S/C28H22N2O5/c1-35-21-16-14-20(15-17-21)29-26(31)18-10-12-19(13-11-18)30-27(32)24-8-4-2-6-22(24)23-7-3-5-9-25(23)28(33)34/h2-17H,1H3,(H,29,31)(H,30,32)(H,33,34). The van der Waals surface area contributed by atoms with Crippen LogP contribution in [0.3, 0.4) is 0 Å². The molecule has 0 unspecified atom stereocenters. The third-order valence-corrected chi connectivity index (χ3v) is 5.37. The molecular formula is C28H22N2O5. The van der Waals surface area contributed by atoms with Gasteiger partial charge in [0.15, 0.2) is 0 Å². The van der Waals surface area contributed by atoms with Crippen LogP contribution in [-0.2, 0) is 0 Å². The highest BCUT2D eigenvalue weighted by Crippen LogP contribution is 2.28. The minimum Gasteiger partial charge on any atom is -0.497 e. The van der Waals surface area contributed by atoms with Crippen molar-refractivity contribution in [1.29, 1.82) is 0 Å². The van der Waals surface area contributed by atoms with Crippen molar-refractivity contribution >= 4 is 29.2 Å². The van der Waals surface area contributed by atoms with E-state index in [0.29, 0.717) is 39.4 Å². The molecule has 0 bridgehead atoms. The lowest BCUT2D eigenvalue weighted by Gasteiger charge is -2.13. The molecule has 4 aromatic rings. The van der Waals surface area contributed by atoms with E-state index in [1.165, 1.54) is 6.07 Å². The number of hydrogen-bond acceptors (Lipinski definition) is 4. The summed E-state index contributed by atoms with van der Waals surface area (Å²) in [6, 6.07) is 26.8. The van der Waals surface area contributed by atoms with Crippen molar-refractivity contribution in [1.82, 2.24) is 0 Å². The van der Waals surface area contributed by atoms with Gasteiger partial charge in [0.1, 0.15) is 5.75 Å². The maximum absolute atomic E-state index is 13.1. The van der Waals surface area contributed by atoms with E-state index in [1.807, 2.05) is 0 Å². The Hall–Kier alpha value is -4.91. The van der Waals surface area contributed by atoms with Gasteiger partial charge in [0.25, 0.3) is 11.8 Å². The molecule has 0 aliphatic rings. The predicted molar refractivity (Wildman–Crippen MR) is 134 cm³/mol. The Kier molecular flexibility index (Phi) is 6.88. The van der Waals surface area contributed by atoms with Gasteiger partial charge in [-0.25, -0.2) is 4.79 Å². The van der Waals surface area contributed by atoms with Gasteiger partial charge in [-0.15, -0.1) is 0 Å². The van der Waals surface area contributed by atoms with Crippen molar-refractivity contribution < 1.29 is 24.2 Å². The fourth-order valence-electron chi connectivity index (χ4n) is 3.60. The molecule has 0 saturated carbocycles. The van der Waals surface area contributed by atoms with E-state index >= 15 is 0 Å². The first-order valence-corrected chi connectivity index (χ1v) is 10.7. The molecular weight excluding hydrogens is 444 g/mol. The van der Waals surface area contributed by atoms with Gasteiger partial charge >= 0.3 is 5.97 Å². The molecule has 7 heteroatoms. The maximum atomic E-state index is 13.1. The number of ether oxygens (including phenoxy) is 1. The molecule has 0 spiro atoms. The summed E-state index contributed by atoms with van der Waals surface area (Å²) >= 11 is 0. The molecule has 7 nitrogen and oxygen atoms in total. The lowest BCUT2D eigenvalue weighted by Crippen LogP contribution is -2.15. The molecule has 4 aromatic carbocycles. The van der Waals surface area contributed by atoms with Gasteiger partial charge in [0.05, 0.1) is 12.7 Å². The zero-order chi connectivity index (χ0) is 24.8. The smallest absolute Gasteiger partial charge is 0.336 e. The Balaban J connectivity index is 1.50. The van der Waals surface area contributed by atoms with Crippen LogP contribution < -0.4 is 15.4 Å². The van der Waals surface area contributed by atoms with Gasteiger partial charge in [-0.1, -0.05) is 36.4 Å². The number of amides is 2. The Labute approximate surface area is 202 Å². The molecule has 0 aromatic heterocycles. The van der Waals surface area contributed by atoms with Crippen molar-refractivity contribution in [3.8, 4) is 16.9 Å². The van der Waals surface area contributed by atoms with Crippen LogP contribution in [0.5, 0.6) is 5.75 Å². The average Bonchev–Trinajstić information content (AvgIpc) is 2.89. The Morgan fingerprint density at radius 1 is 0.629 bits per heavy atom. The molecule has 35 heavy (non-hydrogen) atoms. The minimum absolute atomic E-state index is 0.111. The van der Waals surface area contributed by atoms with Crippen LogP contribution in [0.25, 0.3) is 11.1 Å². The normalized spacial score (nSPS) is 10.3. The second kappa shape index (κ2) is 10.4. The van der Waals surface area contributed by atoms with Crippen LogP contribution in [0.1, 0.15) is 31.1 Å². The van der Waals surface area contributed by atoms with Gasteiger partial charge < -0.3 is 20.5 Å². The third kappa shape index (κ3) is 5.36. The number of benzene rings is 4. The van der Waals surface area contributed by atoms with Crippen LogP contribution >= 0.6 is 0 Å².